The minimum Gasteiger partial charge on any atom is -0.481 e. The van der Waals surface area contributed by atoms with Crippen molar-refractivity contribution in [2.24, 2.45) is 0 Å². The number of aliphatic carboxylic acids is 1. The molecular weight excluding hydrogens is 227 g/mol. The van der Waals surface area contributed by atoms with Gasteiger partial charge in [-0.2, -0.15) is 0 Å². The van der Waals surface area contributed by atoms with E-state index in [0.29, 0.717) is 12.8 Å². The molecule has 0 aromatic carbocycles. The first-order valence-corrected chi connectivity index (χ1v) is 6.91. The highest BCUT2D eigenvalue weighted by atomic mass is 16.4. The summed E-state index contributed by atoms with van der Waals surface area (Å²) < 4.78 is 0. The minimum absolute atomic E-state index is 0.548. The summed E-state index contributed by atoms with van der Waals surface area (Å²) in [7, 11) is 8.15. The summed E-state index contributed by atoms with van der Waals surface area (Å²) in [6.45, 7) is 6.99. The molecule has 1 aliphatic heterocycles. The molecule has 0 aliphatic carbocycles. The van der Waals surface area contributed by atoms with Crippen LogP contribution >= 0.6 is 0 Å². The number of hydrogen-bond acceptors (Lipinski definition) is 3. The predicted octanol–water partition coefficient (Wildman–Crippen LogP) is 1.23. The molecule has 5 heteroatoms. The molecule has 0 aromatic heterocycles. The number of piperazine rings is 1. The van der Waals surface area contributed by atoms with Gasteiger partial charge in [0.05, 0.1) is 7.85 Å². The number of hydrogen-bond donors (Lipinski definition) is 1. The van der Waals surface area contributed by atoms with Gasteiger partial charge in [-0.05, 0) is 26.4 Å². The lowest BCUT2D eigenvalue weighted by Gasteiger charge is -2.35. The van der Waals surface area contributed by atoms with Gasteiger partial charge in [-0.25, -0.2) is 0 Å². The van der Waals surface area contributed by atoms with Gasteiger partial charge in [-0.15, -0.1) is 0 Å². The van der Waals surface area contributed by atoms with Gasteiger partial charge in [-0.1, -0.05) is 19.8 Å². The van der Waals surface area contributed by atoms with E-state index in [1.54, 1.807) is 0 Å². The maximum Gasteiger partial charge on any atom is 0.300 e. The summed E-state index contributed by atoms with van der Waals surface area (Å²) in [6.07, 6.45) is 2.99. The van der Waals surface area contributed by atoms with Gasteiger partial charge >= 0.3 is 5.97 Å². The van der Waals surface area contributed by atoms with E-state index in [2.05, 4.69) is 23.8 Å². The Labute approximate surface area is 112 Å². The van der Waals surface area contributed by atoms with E-state index in [-0.39, 0.29) is 0 Å². The van der Waals surface area contributed by atoms with Gasteiger partial charge in [-0.3, -0.25) is 4.79 Å². The second kappa shape index (κ2) is 7.14. The largest absolute Gasteiger partial charge is 0.481 e. The molecule has 1 saturated heterocycles. The molecule has 1 fully saturated rings. The summed E-state index contributed by atoms with van der Waals surface area (Å²) >= 11 is 0. The van der Waals surface area contributed by atoms with E-state index >= 15 is 0 Å². The summed E-state index contributed by atoms with van der Waals surface area (Å²) in [5, 5.41) is 8.24. The highest BCUT2D eigenvalue weighted by Gasteiger charge is 2.32. The molecule has 18 heavy (non-hydrogen) atoms. The van der Waals surface area contributed by atoms with Gasteiger partial charge in [0.15, 0.2) is 0 Å². The molecule has 2 radical (unpaired) electrons. The molecule has 0 aromatic rings. The molecule has 1 aliphatic rings. The van der Waals surface area contributed by atoms with Crippen molar-refractivity contribution in [1.29, 1.82) is 0 Å². The van der Waals surface area contributed by atoms with E-state index in [1.165, 1.54) is 0 Å². The molecule has 1 atom stereocenters. The lowest BCUT2D eigenvalue weighted by molar-refractivity contribution is -0.141. The second-order valence-electron chi connectivity index (χ2n) is 5.46. The van der Waals surface area contributed by atoms with Crippen LogP contribution in [0.1, 0.15) is 32.6 Å². The fourth-order valence-corrected chi connectivity index (χ4v) is 2.26. The Morgan fingerprint density at radius 3 is 2.39 bits per heavy atom. The fourth-order valence-electron chi connectivity index (χ4n) is 2.26. The van der Waals surface area contributed by atoms with Crippen molar-refractivity contribution in [3.05, 3.63) is 0 Å². The number of likely N-dealkylation sites (N-methyl/N-ethyl adjacent to an activating group) is 1. The quantitative estimate of drug-likeness (QED) is 0.692. The summed E-state index contributed by atoms with van der Waals surface area (Å²) in [4.78, 5) is 15.9. The molecule has 1 rings (SSSR count). The molecule has 102 valence electrons. The van der Waals surface area contributed by atoms with Crippen molar-refractivity contribution >= 4 is 13.8 Å². The zero-order chi connectivity index (χ0) is 13.6. The Hall–Kier alpha value is -0.545. The number of unbranched alkanes of at least 4 members (excludes halogenated alkanes) is 1. The lowest BCUT2D eigenvalue weighted by atomic mass is 9.63. The Morgan fingerprint density at radius 1 is 1.28 bits per heavy atom. The average molecular weight is 252 g/mol. The molecule has 4 nitrogen and oxygen atoms in total. The van der Waals surface area contributed by atoms with Crippen LogP contribution in [0.3, 0.4) is 0 Å². The van der Waals surface area contributed by atoms with Gasteiger partial charge in [0.1, 0.15) is 0 Å². The fraction of sp³-hybridized carbons (Fsp3) is 0.923. The Kier molecular flexibility index (Phi) is 6.16. The lowest BCUT2D eigenvalue weighted by Crippen LogP contribution is -2.45. The first-order chi connectivity index (χ1) is 8.48. The smallest absolute Gasteiger partial charge is 0.300 e. The van der Waals surface area contributed by atoms with Crippen molar-refractivity contribution in [3.63, 3.8) is 0 Å². The first kappa shape index (κ1) is 15.5. The van der Waals surface area contributed by atoms with Crippen LogP contribution in [0.25, 0.3) is 0 Å². The van der Waals surface area contributed by atoms with Crippen LogP contribution in [0.4, 0.5) is 0 Å². The Morgan fingerprint density at radius 2 is 1.89 bits per heavy atom. The zero-order valence-electron chi connectivity index (χ0n) is 11.7. The van der Waals surface area contributed by atoms with Crippen molar-refractivity contribution < 1.29 is 9.90 Å². The Bertz CT molecular complexity index is 268. The summed E-state index contributed by atoms with van der Waals surface area (Å²) in [5.41, 5.74) is 0. The number of carbonyl (C=O) groups is 1. The molecule has 1 N–H and O–H groups in total. The predicted molar refractivity (Wildman–Crippen MR) is 74.2 cm³/mol. The topological polar surface area (TPSA) is 43.8 Å². The highest BCUT2D eigenvalue weighted by Crippen LogP contribution is 2.33. The third-order valence-electron chi connectivity index (χ3n) is 3.87. The SMILES string of the molecule is [B]C(CCCC)(CCN1CCN(C)CC1)C(=O)O. The van der Waals surface area contributed by atoms with Crippen LogP contribution in [0.2, 0.25) is 5.31 Å². The van der Waals surface area contributed by atoms with Gasteiger partial charge in [0.2, 0.25) is 0 Å². The standard InChI is InChI=1S/C13H25BN2O2/c1-3-4-5-13(14,12(17)18)6-7-16-10-8-15(2)9-11-16/h3-11H2,1-2H3,(H,17,18). The van der Waals surface area contributed by atoms with Crippen molar-refractivity contribution in [2.75, 3.05) is 39.8 Å². The molecule has 0 amide bonds. The highest BCUT2D eigenvalue weighted by molar-refractivity contribution is 6.26. The maximum absolute atomic E-state index is 11.3. The van der Waals surface area contributed by atoms with E-state index in [4.69, 9.17) is 7.85 Å². The molecule has 0 saturated carbocycles. The van der Waals surface area contributed by atoms with E-state index in [1.807, 2.05) is 0 Å². The summed E-state index contributed by atoms with van der Waals surface area (Å²) in [5.74, 6) is -0.856. The van der Waals surface area contributed by atoms with Crippen molar-refractivity contribution in [2.45, 2.75) is 37.9 Å². The summed E-state index contributed by atoms with van der Waals surface area (Å²) in [6, 6.07) is 0. The first-order valence-electron chi connectivity index (χ1n) is 6.91. The van der Waals surface area contributed by atoms with Gasteiger partial charge in [0.25, 0.3) is 0 Å². The molecule has 0 bridgehead atoms. The molecule has 1 unspecified atom stereocenters. The van der Waals surface area contributed by atoms with E-state index < -0.39 is 11.3 Å². The normalized spacial score (nSPS) is 21.7. The molecular formula is C13H25BN2O2. The minimum atomic E-state index is -1.04. The van der Waals surface area contributed by atoms with Gasteiger partial charge < -0.3 is 14.9 Å². The third-order valence-corrected chi connectivity index (χ3v) is 3.87. The third kappa shape index (κ3) is 4.61. The van der Waals surface area contributed by atoms with Crippen LogP contribution in [0.5, 0.6) is 0 Å². The second-order valence-corrected chi connectivity index (χ2v) is 5.46. The Balaban J connectivity index is 2.39. The number of carboxylic acid groups (broad SMARTS) is 1. The number of carboxylic acids is 1. The van der Waals surface area contributed by atoms with Crippen LogP contribution in [0, 0.1) is 0 Å². The van der Waals surface area contributed by atoms with Crippen molar-refractivity contribution in [1.82, 2.24) is 9.80 Å². The van der Waals surface area contributed by atoms with E-state index in [9.17, 15) is 9.90 Å². The van der Waals surface area contributed by atoms with Gasteiger partial charge in [0, 0.05) is 31.5 Å². The monoisotopic (exact) mass is 252 g/mol. The van der Waals surface area contributed by atoms with E-state index in [0.717, 1.165) is 45.6 Å². The van der Waals surface area contributed by atoms with Crippen molar-refractivity contribution in [3.8, 4) is 0 Å². The average Bonchev–Trinajstić information content (AvgIpc) is 2.35. The number of nitrogens with zero attached hydrogens (tertiary/aromatic N) is 2. The van der Waals surface area contributed by atoms with Crippen LogP contribution in [-0.4, -0.2) is 68.5 Å². The van der Waals surface area contributed by atoms with Crippen LogP contribution in [-0.2, 0) is 4.79 Å². The zero-order valence-corrected chi connectivity index (χ0v) is 11.7. The number of rotatable bonds is 7. The van der Waals surface area contributed by atoms with Crippen LogP contribution < -0.4 is 0 Å². The molecule has 1 heterocycles. The molecule has 0 spiro atoms. The maximum atomic E-state index is 11.3. The van der Waals surface area contributed by atoms with Crippen LogP contribution in [0.15, 0.2) is 0 Å².